The maximum atomic E-state index is 13.4. The zero-order valence-corrected chi connectivity index (χ0v) is 44.5. The molecule has 7 aromatic rings. The molecule has 0 saturated heterocycles. The fraction of sp³-hybridized carbons (Fsp3) is 0.204. The van der Waals surface area contributed by atoms with Crippen LogP contribution >= 0.6 is 24.8 Å². The number of nitrogens with one attached hydrogen (secondary N) is 10. The quantitative estimate of drug-likeness (QED) is 0.0387. The first kappa shape index (κ1) is 59.0. The van der Waals surface area contributed by atoms with Crippen molar-refractivity contribution < 1.29 is 38.4 Å². The van der Waals surface area contributed by atoms with E-state index in [2.05, 4.69) is 47.5 Å². The van der Waals surface area contributed by atoms with Gasteiger partial charge in [-0.15, -0.1) is 24.8 Å². The van der Waals surface area contributed by atoms with E-state index in [-0.39, 0.29) is 119 Å². The number of aromatic nitrogens is 7. The first-order chi connectivity index (χ1) is 36.0. The molecule has 7 aromatic heterocycles. The number of carbonyl (C=O) groups is 8. The monoisotopic (exact) mass is 1110 g/mol. The molecule has 0 radical (unpaired) electrons. The number of nitrogens with zero attached hydrogens (tertiary/aromatic N) is 7. The molecule has 78 heavy (non-hydrogen) atoms. The molecule has 0 bridgehead atoms. The van der Waals surface area contributed by atoms with Crippen LogP contribution in [0.2, 0.25) is 0 Å². The Balaban J connectivity index is 0.00000560. The van der Waals surface area contributed by atoms with Gasteiger partial charge in [-0.2, -0.15) is 0 Å². The van der Waals surface area contributed by atoms with E-state index in [9.17, 15) is 38.4 Å². The van der Waals surface area contributed by atoms with Crippen LogP contribution in [0, 0.1) is 10.8 Å². The van der Waals surface area contributed by atoms with Crippen LogP contribution in [0.5, 0.6) is 0 Å². The SMILES string of the molecule is Cl.Cl.Cn1cc(NC(=O)c2cc(NC(=O)c3cc(NC(=O)c4cccc(C(=O)Nc5cc(C(=O)Nc6cc(C(=O)Nc7cc(C(=O)NCCC(=N)N)n(C)c7)n(C)c6)n(C)c5)n4)cn3C)cn2C)cc1C(=O)NCCC(=N)N. The van der Waals surface area contributed by atoms with E-state index < -0.39 is 47.3 Å². The molecule has 8 amide bonds. The summed E-state index contributed by atoms with van der Waals surface area (Å²) in [7, 11) is 9.73. The molecule has 410 valence electrons. The first-order valence-corrected chi connectivity index (χ1v) is 23.1. The average molecular weight is 1110 g/mol. The molecule has 14 N–H and O–H groups in total. The van der Waals surface area contributed by atoms with Crippen LogP contribution in [0.15, 0.2) is 91.8 Å². The molecule has 27 nitrogen and oxygen atoms in total. The normalized spacial score (nSPS) is 10.5. The summed E-state index contributed by atoms with van der Waals surface area (Å²) in [4.78, 5) is 110. The molecule has 0 aliphatic rings. The van der Waals surface area contributed by atoms with Gasteiger partial charge >= 0.3 is 0 Å². The number of aryl methyl sites for hydroxylation is 6. The standard InChI is InChI=1S/C49H55N19O8.2ClH/c1-63-22-28(14-34(63)44(71)54-12-10-40(50)51)58-48(75)38-18-30(24-67(38)5)60-46(73)36-16-26(20-65(36)3)56-42(69)32-8-7-9-33(62-32)43(70)57-27-17-37(66(4)21-27)47(74)61-31-19-39(68(6)25-31)49(76)59-29-15-35(64(2)23-29)45(72)55-13-11-41(52)53;;/h7-9,14-25H,10-13H2,1-6H3,(H3,50,51)(H3,52,53)(H,54,71)(H,55,72)(H,56,69)(H,57,70)(H,58,75)(H,59,76)(H,60,73)(H,61,74);2*1H. The number of rotatable bonds is 20. The highest BCUT2D eigenvalue weighted by Crippen LogP contribution is 2.23. The van der Waals surface area contributed by atoms with Crippen molar-refractivity contribution in [2.75, 3.05) is 45.0 Å². The van der Waals surface area contributed by atoms with Gasteiger partial charge in [0.15, 0.2) is 0 Å². The molecule has 29 heteroatoms. The summed E-state index contributed by atoms with van der Waals surface area (Å²) in [6, 6.07) is 13.1. The highest BCUT2D eigenvalue weighted by Gasteiger charge is 2.23. The maximum absolute atomic E-state index is 13.4. The van der Waals surface area contributed by atoms with Crippen molar-refractivity contribution in [2.45, 2.75) is 12.8 Å². The number of anilines is 6. The molecule has 0 aliphatic carbocycles. The Hall–Kier alpha value is -9.89. The number of pyridine rings is 1. The lowest BCUT2D eigenvalue weighted by Gasteiger charge is -2.05. The molecule has 0 saturated carbocycles. The number of nitrogens with two attached hydrogens (primary N) is 2. The lowest BCUT2D eigenvalue weighted by molar-refractivity contribution is 0.0938. The number of amidine groups is 2. The Morgan fingerprint density at radius 3 is 0.846 bits per heavy atom. The molecule has 0 aromatic carbocycles. The largest absolute Gasteiger partial charge is 0.388 e. The van der Waals surface area contributed by atoms with Gasteiger partial charge in [0.25, 0.3) is 47.3 Å². The van der Waals surface area contributed by atoms with Gasteiger partial charge in [0.1, 0.15) is 45.6 Å². The van der Waals surface area contributed by atoms with Gasteiger partial charge in [0.2, 0.25) is 0 Å². The highest BCUT2D eigenvalue weighted by molar-refractivity contribution is 6.11. The van der Waals surface area contributed by atoms with Crippen LogP contribution in [-0.2, 0) is 42.3 Å². The molecule has 7 heterocycles. The van der Waals surface area contributed by atoms with Gasteiger partial charge in [-0.1, -0.05) is 6.07 Å². The number of halogens is 2. The third-order valence-electron chi connectivity index (χ3n) is 11.5. The molecule has 0 unspecified atom stereocenters. The molecular formula is C49H57Cl2N19O8. The zero-order valence-electron chi connectivity index (χ0n) is 42.9. The van der Waals surface area contributed by atoms with E-state index in [1.54, 1.807) is 76.2 Å². The summed E-state index contributed by atoms with van der Waals surface area (Å²) in [5, 5.41) is 36.3. The van der Waals surface area contributed by atoms with Crippen molar-refractivity contribution in [2.24, 2.45) is 53.8 Å². The van der Waals surface area contributed by atoms with Crippen LogP contribution in [-0.4, -0.2) is 104 Å². The summed E-state index contributed by atoms with van der Waals surface area (Å²) >= 11 is 0. The van der Waals surface area contributed by atoms with Crippen LogP contribution in [0.1, 0.15) is 96.7 Å². The number of hydrogen-bond acceptors (Lipinski definition) is 11. The van der Waals surface area contributed by atoms with Gasteiger partial charge in [-0.05, 0) is 48.5 Å². The van der Waals surface area contributed by atoms with Crippen LogP contribution < -0.4 is 54.0 Å². The van der Waals surface area contributed by atoms with Gasteiger partial charge < -0.3 is 81.4 Å². The predicted molar refractivity (Wildman–Crippen MR) is 297 cm³/mol. The van der Waals surface area contributed by atoms with Crippen LogP contribution in [0.4, 0.5) is 34.1 Å². The summed E-state index contributed by atoms with van der Waals surface area (Å²) in [5.41, 5.74) is 13.6. The lowest BCUT2D eigenvalue weighted by Crippen LogP contribution is -2.28. The third kappa shape index (κ3) is 14.3. The Morgan fingerprint density at radius 2 is 0.615 bits per heavy atom. The second-order valence-corrected chi connectivity index (χ2v) is 17.5. The van der Waals surface area contributed by atoms with Crippen molar-refractivity contribution in [1.29, 1.82) is 10.8 Å². The second-order valence-electron chi connectivity index (χ2n) is 17.5. The molecule has 0 fully saturated rings. The summed E-state index contributed by atoms with van der Waals surface area (Å²) in [6.07, 6.45) is 9.64. The van der Waals surface area contributed by atoms with Gasteiger partial charge in [-0.3, -0.25) is 49.2 Å². The summed E-state index contributed by atoms with van der Waals surface area (Å²) < 4.78 is 9.09. The minimum absolute atomic E-state index is 0. The molecule has 0 atom stereocenters. The lowest BCUT2D eigenvalue weighted by atomic mass is 10.2. The van der Waals surface area contributed by atoms with Gasteiger partial charge in [0.05, 0.1) is 45.8 Å². The first-order valence-electron chi connectivity index (χ1n) is 23.1. The van der Waals surface area contributed by atoms with Crippen molar-refractivity contribution in [3.05, 3.63) is 137 Å². The van der Waals surface area contributed by atoms with E-state index >= 15 is 0 Å². The molecule has 0 spiro atoms. The van der Waals surface area contributed by atoms with Crippen LogP contribution in [0.3, 0.4) is 0 Å². The highest BCUT2D eigenvalue weighted by atomic mass is 35.5. The third-order valence-corrected chi connectivity index (χ3v) is 11.5. The smallest absolute Gasteiger partial charge is 0.274 e. The predicted octanol–water partition coefficient (Wildman–Crippen LogP) is 3.58. The van der Waals surface area contributed by atoms with E-state index in [0.29, 0.717) is 22.7 Å². The minimum Gasteiger partial charge on any atom is -0.388 e. The molecule has 7 rings (SSSR count). The average Bonchev–Trinajstić information content (AvgIpc) is 4.22. The van der Waals surface area contributed by atoms with E-state index in [1.165, 1.54) is 85.3 Å². The van der Waals surface area contributed by atoms with Crippen molar-refractivity contribution in [3.8, 4) is 0 Å². The van der Waals surface area contributed by atoms with Crippen molar-refractivity contribution in [3.63, 3.8) is 0 Å². The summed E-state index contributed by atoms with van der Waals surface area (Å²) in [5.74, 6) is -4.40. The molecular weight excluding hydrogens is 1050 g/mol. The Morgan fingerprint density at radius 1 is 0.397 bits per heavy atom. The maximum Gasteiger partial charge on any atom is 0.274 e. The molecule has 0 aliphatic heterocycles. The Kier molecular flexibility index (Phi) is 19.0. The number of hydrogen-bond donors (Lipinski definition) is 12. The van der Waals surface area contributed by atoms with E-state index in [4.69, 9.17) is 22.3 Å². The Labute approximate surface area is 457 Å². The Bertz CT molecular complexity index is 3280. The van der Waals surface area contributed by atoms with Gasteiger partial charge in [-0.25, -0.2) is 4.98 Å². The summed E-state index contributed by atoms with van der Waals surface area (Å²) in [6.45, 7) is 0.365. The van der Waals surface area contributed by atoms with Crippen LogP contribution in [0.25, 0.3) is 0 Å². The fourth-order valence-corrected chi connectivity index (χ4v) is 7.81. The zero-order chi connectivity index (χ0) is 55.1. The van der Waals surface area contributed by atoms with Crippen molar-refractivity contribution in [1.82, 2.24) is 43.0 Å². The number of amides is 8. The fourth-order valence-electron chi connectivity index (χ4n) is 7.81. The number of carbonyl (C=O) groups excluding carboxylic acids is 8. The topological polar surface area (TPSA) is 375 Å². The van der Waals surface area contributed by atoms with E-state index in [1.807, 2.05) is 0 Å². The van der Waals surface area contributed by atoms with E-state index in [0.717, 1.165) is 0 Å². The van der Waals surface area contributed by atoms with Gasteiger partial charge in [0, 0.05) is 105 Å². The second kappa shape index (κ2) is 25.1. The van der Waals surface area contributed by atoms with Crippen molar-refractivity contribution >= 4 is 118 Å². The minimum atomic E-state index is -0.679.